The molecule has 1 aromatic carbocycles. The molecule has 0 aliphatic heterocycles. The second kappa shape index (κ2) is 9.25. The van der Waals surface area contributed by atoms with E-state index in [1.807, 2.05) is 20.8 Å². The molecule has 9 heteroatoms. The van der Waals surface area contributed by atoms with Crippen LogP contribution >= 0.6 is 0 Å². The Kier molecular flexibility index (Phi) is 6.51. The molecule has 3 aromatic rings. The molecule has 9 nitrogen and oxygen atoms in total. The largest absolute Gasteiger partial charge is 0.494 e. The van der Waals surface area contributed by atoms with Crippen molar-refractivity contribution in [3.8, 4) is 11.5 Å². The van der Waals surface area contributed by atoms with Gasteiger partial charge >= 0.3 is 0 Å². The Labute approximate surface area is 173 Å². The Balaban J connectivity index is 1.57. The van der Waals surface area contributed by atoms with E-state index in [9.17, 15) is 9.59 Å². The number of pyridine rings is 1. The Hall–Kier alpha value is -3.62. The maximum Gasteiger partial charge on any atom is 0.279 e. The predicted molar refractivity (Wildman–Crippen MR) is 109 cm³/mol. The third-order valence-electron chi connectivity index (χ3n) is 4.28. The summed E-state index contributed by atoms with van der Waals surface area (Å²) in [7, 11) is 0. The molecule has 2 amide bonds. The monoisotopic (exact) mass is 412 g/mol. The highest BCUT2D eigenvalue weighted by atomic mass is 16.5. The van der Waals surface area contributed by atoms with Crippen molar-refractivity contribution in [2.75, 3.05) is 6.61 Å². The quantitative estimate of drug-likeness (QED) is 0.573. The minimum absolute atomic E-state index is 0.117. The topological polar surface area (TPSA) is 116 Å². The van der Waals surface area contributed by atoms with Gasteiger partial charge in [0.15, 0.2) is 6.10 Å². The Morgan fingerprint density at radius 3 is 2.47 bits per heavy atom. The summed E-state index contributed by atoms with van der Waals surface area (Å²) < 4.78 is 16.1. The van der Waals surface area contributed by atoms with Crippen molar-refractivity contribution in [3.05, 3.63) is 47.8 Å². The van der Waals surface area contributed by atoms with Crippen molar-refractivity contribution in [2.45, 2.75) is 39.7 Å². The molecule has 0 saturated carbocycles. The molecule has 0 fully saturated rings. The van der Waals surface area contributed by atoms with Crippen molar-refractivity contribution < 1.29 is 23.6 Å². The van der Waals surface area contributed by atoms with E-state index in [4.69, 9.17) is 14.0 Å². The summed E-state index contributed by atoms with van der Waals surface area (Å²) >= 11 is 0. The number of benzene rings is 1. The summed E-state index contributed by atoms with van der Waals surface area (Å²) in [5, 5.41) is 4.65. The van der Waals surface area contributed by atoms with Crippen LogP contribution in [0.1, 0.15) is 49.7 Å². The number of carbonyl (C=O) groups is 2. The molecule has 0 radical (unpaired) electrons. The van der Waals surface area contributed by atoms with E-state index in [1.54, 1.807) is 37.3 Å². The summed E-state index contributed by atoms with van der Waals surface area (Å²) in [5.41, 5.74) is 6.07. The molecule has 2 heterocycles. The summed E-state index contributed by atoms with van der Waals surface area (Å²) in [6.45, 7) is 7.98. The van der Waals surface area contributed by atoms with Gasteiger partial charge in [-0.2, -0.15) is 0 Å². The number of amides is 2. The number of hydrogen-bond donors (Lipinski definition) is 2. The normalized spacial score (nSPS) is 11.9. The highest BCUT2D eigenvalue weighted by Gasteiger charge is 2.18. The van der Waals surface area contributed by atoms with Crippen LogP contribution in [0.4, 0.5) is 0 Å². The lowest BCUT2D eigenvalue weighted by atomic mass is 10.1. The van der Waals surface area contributed by atoms with Crippen LogP contribution in [0.15, 0.2) is 41.1 Å². The first-order valence-electron chi connectivity index (χ1n) is 9.64. The maximum absolute atomic E-state index is 12.4. The Morgan fingerprint density at radius 1 is 1.10 bits per heavy atom. The number of carbonyl (C=O) groups excluding carboxylic acids is 2. The molecule has 30 heavy (non-hydrogen) atoms. The first-order valence-corrected chi connectivity index (χ1v) is 9.64. The van der Waals surface area contributed by atoms with Gasteiger partial charge < -0.3 is 14.0 Å². The number of nitrogens with one attached hydrogen (secondary N) is 2. The fourth-order valence-electron chi connectivity index (χ4n) is 2.72. The van der Waals surface area contributed by atoms with Gasteiger partial charge in [0, 0.05) is 6.20 Å². The second-order valence-electron chi connectivity index (χ2n) is 6.91. The third-order valence-corrected chi connectivity index (χ3v) is 4.28. The zero-order valence-electron chi connectivity index (χ0n) is 17.3. The van der Waals surface area contributed by atoms with Gasteiger partial charge in [-0.3, -0.25) is 20.4 Å². The average Bonchev–Trinajstić information content (AvgIpc) is 3.16. The number of ether oxygens (including phenoxy) is 2. The fraction of sp³-hybridized carbons (Fsp3) is 0.333. The number of hydrazine groups is 1. The average molecular weight is 412 g/mol. The van der Waals surface area contributed by atoms with Gasteiger partial charge in [0.05, 0.1) is 23.3 Å². The second-order valence-corrected chi connectivity index (χ2v) is 6.91. The minimum Gasteiger partial charge on any atom is -0.494 e. The van der Waals surface area contributed by atoms with Crippen LogP contribution < -0.4 is 20.3 Å². The van der Waals surface area contributed by atoms with Crippen LogP contribution in [0.2, 0.25) is 0 Å². The molecular formula is C21H24N4O5. The van der Waals surface area contributed by atoms with Crippen molar-refractivity contribution in [1.82, 2.24) is 21.0 Å². The van der Waals surface area contributed by atoms with Crippen LogP contribution in [0.3, 0.4) is 0 Å². The van der Waals surface area contributed by atoms with E-state index in [0.29, 0.717) is 34.9 Å². The van der Waals surface area contributed by atoms with Crippen molar-refractivity contribution in [2.24, 2.45) is 0 Å². The van der Waals surface area contributed by atoms with Crippen LogP contribution in [0.5, 0.6) is 11.5 Å². The van der Waals surface area contributed by atoms with Crippen LogP contribution in [0, 0.1) is 0 Å². The molecule has 0 aliphatic rings. The molecule has 0 bridgehead atoms. The van der Waals surface area contributed by atoms with Crippen LogP contribution in [-0.4, -0.2) is 34.7 Å². The third kappa shape index (κ3) is 4.86. The first kappa shape index (κ1) is 21.1. The summed E-state index contributed by atoms with van der Waals surface area (Å²) in [6.07, 6.45) is 0.536. The standard InChI is InChI=1S/C21H24N4O5/c1-5-28-15-6-8-16(9-7-15)29-13(4)19(26)23-24-20(27)14-10-17-18(12(2)3)25-30-21(17)22-11-14/h6-13H,5H2,1-4H3,(H,23,26)(H,24,27). The SMILES string of the molecule is CCOc1ccc(OC(C)C(=O)NNC(=O)c2cnc3onc(C(C)C)c3c2)cc1. The molecule has 1 unspecified atom stereocenters. The molecule has 2 N–H and O–H groups in total. The maximum atomic E-state index is 12.4. The van der Waals surface area contributed by atoms with E-state index in [1.165, 1.54) is 6.20 Å². The molecule has 2 aromatic heterocycles. The van der Waals surface area contributed by atoms with Gasteiger partial charge in [-0.15, -0.1) is 0 Å². The van der Waals surface area contributed by atoms with Gasteiger partial charge in [-0.1, -0.05) is 19.0 Å². The highest BCUT2D eigenvalue weighted by molar-refractivity contribution is 5.98. The number of aromatic nitrogens is 2. The van der Waals surface area contributed by atoms with Crippen molar-refractivity contribution >= 4 is 22.9 Å². The molecule has 0 aliphatic carbocycles. The van der Waals surface area contributed by atoms with E-state index in [-0.39, 0.29) is 11.5 Å². The minimum atomic E-state index is -0.825. The van der Waals surface area contributed by atoms with Gasteiger partial charge in [-0.05, 0) is 50.1 Å². The van der Waals surface area contributed by atoms with Gasteiger partial charge in [0.25, 0.3) is 17.5 Å². The number of rotatable bonds is 7. The highest BCUT2D eigenvalue weighted by Crippen LogP contribution is 2.24. The summed E-state index contributed by atoms with van der Waals surface area (Å²) in [4.78, 5) is 28.8. The number of nitrogens with zero attached hydrogens (tertiary/aromatic N) is 2. The summed E-state index contributed by atoms with van der Waals surface area (Å²) in [5.74, 6) is 0.330. The van der Waals surface area contributed by atoms with E-state index in [2.05, 4.69) is 21.0 Å². The Morgan fingerprint density at radius 2 is 1.80 bits per heavy atom. The van der Waals surface area contributed by atoms with Crippen molar-refractivity contribution in [1.29, 1.82) is 0 Å². The predicted octanol–water partition coefficient (Wildman–Crippen LogP) is 2.97. The fourth-order valence-corrected chi connectivity index (χ4v) is 2.72. The molecule has 1 atom stereocenters. The lowest BCUT2D eigenvalue weighted by Crippen LogP contribution is -2.47. The van der Waals surface area contributed by atoms with Gasteiger partial charge in [-0.25, -0.2) is 4.98 Å². The Bertz CT molecular complexity index is 1030. The number of hydrogen-bond acceptors (Lipinski definition) is 7. The number of fused-ring (bicyclic) bond motifs is 1. The summed E-state index contributed by atoms with van der Waals surface area (Å²) in [6, 6.07) is 8.56. The van der Waals surface area contributed by atoms with E-state index >= 15 is 0 Å². The van der Waals surface area contributed by atoms with Crippen LogP contribution in [-0.2, 0) is 4.79 Å². The smallest absolute Gasteiger partial charge is 0.279 e. The van der Waals surface area contributed by atoms with Gasteiger partial charge in [0.1, 0.15) is 11.5 Å². The first-order chi connectivity index (χ1) is 14.4. The zero-order chi connectivity index (χ0) is 21.7. The molecule has 0 saturated heterocycles. The molecule has 158 valence electrons. The lowest BCUT2D eigenvalue weighted by Gasteiger charge is -2.15. The van der Waals surface area contributed by atoms with E-state index in [0.717, 1.165) is 0 Å². The molecular weight excluding hydrogens is 388 g/mol. The van der Waals surface area contributed by atoms with E-state index < -0.39 is 17.9 Å². The zero-order valence-corrected chi connectivity index (χ0v) is 17.3. The molecule has 3 rings (SSSR count). The van der Waals surface area contributed by atoms with Crippen LogP contribution in [0.25, 0.3) is 11.1 Å². The van der Waals surface area contributed by atoms with Crippen molar-refractivity contribution in [3.63, 3.8) is 0 Å². The van der Waals surface area contributed by atoms with Gasteiger partial charge in [0.2, 0.25) is 0 Å². The molecule has 0 spiro atoms. The lowest BCUT2D eigenvalue weighted by molar-refractivity contribution is -0.128.